The molecule has 0 unspecified atom stereocenters. The van der Waals surface area contributed by atoms with Gasteiger partial charge >= 0.3 is 17.9 Å². The number of rotatable bonds is 4. The summed E-state index contributed by atoms with van der Waals surface area (Å²) in [5, 5.41) is 47.5. The van der Waals surface area contributed by atoms with Gasteiger partial charge in [0.1, 0.15) is 18.8 Å². The van der Waals surface area contributed by atoms with Gasteiger partial charge in [0, 0.05) is 13.3 Å². The van der Waals surface area contributed by atoms with Crippen molar-refractivity contribution in [1.82, 2.24) is 0 Å². The normalized spacial score (nSPS) is 43.5. The van der Waals surface area contributed by atoms with Crippen molar-refractivity contribution in [3.05, 3.63) is 47.0 Å². The van der Waals surface area contributed by atoms with Gasteiger partial charge < -0.3 is 39.4 Å². The van der Waals surface area contributed by atoms with Crippen LogP contribution in [0.15, 0.2) is 41.5 Å². The van der Waals surface area contributed by atoms with Gasteiger partial charge in [0.05, 0.1) is 46.7 Å². The third kappa shape index (κ3) is 2.99. The minimum Gasteiger partial charge on any atom is -0.462 e. The standard InChI is InChI=1S/C29H34O11/c1-14-17(31)11-26(25(3,4)35)20(14)29(36)24(34)38-12-27(29)18(32)10-19-28(13-37-19,40-15(2)30)21(27)22(26)39-23(33)16-8-6-5-7-9-16/h5-9,17-19,21-22,31-32,35-36H,10-13H2,1-4H3/t17-,18-,19+,21-,22-,26-,27+,28-,29-/m0/s1. The monoisotopic (exact) mass is 558 g/mol. The molecule has 0 radical (unpaired) electrons. The minimum absolute atomic E-state index is 0.0414. The maximum atomic E-state index is 13.7. The smallest absolute Gasteiger partial charge is 0.343 e. The van der Waals surface area contributed by atoms with Crippen molar-refractivity contribution in [2.24, 2.45) is 16.7 Å². The van der Waals surface area contributed by atoms with E-state index in [9.17, 15) is 34.8 Å². The Morgan fingerprint density at radius 2 is 1.80 bits per heavy atom. The molecule has 4 fully saturated rings. The highest BCUT2D eigenvalue weighted by Crippen LogP contribution is 2.74. The molecular weight excluding hydrogens is 524 g/mol. The molecule has 11 heteroatoms. The fourth-order valence-electron chi connectivity index (χ4n) is 8.56. The third-order valence-electron chi connectivity index (χ3n) is 10.3. The molecule has 9 atom stereocenters. The molecule has 40 heavy (non-hydrogen) atoms. The van der Waals surface area contributed by atoms with E-state index in [1.54, 1.807) is 30.3 Å². The molecule has 0 bridgehead atoms. The Kier molecular flexibility index (Phi) is 5.71. The van der Waals surface area contributed by atoms with Crippen molar-refractivity contribution in [3.63, 3.8) is 0 Å². The lowest BCUT2D eigenvalue weighted by Gasteiger charge is -2.70. The Balaban J connectivity index is 1.69. The molecule has 1 aromatic carbocycles. The van der Waals surface area contributed by atoms with Gasteiger partial charge in [0.15, 0.2) is 11.2 Å². The molecule has 0 aromatic heterocycles. The maximum absolute atomic E-state index is 13.7. The SMILES string of the molecule is CC(=O)O[C@@]12CO[C@@H]1C[C@H](O)[C@@]13COC(=O)[C@@]1(O)C1=C(C)[C@@H](O)C[C@@]1(C(C)(C)O)[C@@H](OC(=O)c1ccccc1)[C@H]23. The zero-order valence-electron chi connectivity index (χ0n) is 22.7. The number of carbonyl (C=O) groups is 3. The fraction of sp³-hybridized carbons (Fsp3) is 0.621. The second-order valence-corrected chi connectivity index (χ2v) is 12.4. The van der Waals surface area contributed by atoms with Crippen molar-refractivity contribution >= 4 is 17.9 Å². The minimum atomic E-state index is -2.54. The molecule has 2 aliphatic heterocycles. The largest absolute Gasteiger partial charge is 0.462 e. The quantitative estimate of drug-likeness (QED) is 0.230. The van der Waals surface area contributed by atoms with Crippen LogP contribution in [0.2, 0.25) is 0 Å². The lowest BCUT2D eigenvalue weighted by atomic mass is 9.38. The Morgan fingerprint density at radius 1 is 1.12 bits per heavy atom. The molecule has 216 valence electrons. The topological polar surface area (TPSA) is 169 Å². The summed E-state index contributed by atoms with van der Waals surface area (Å²) in [4.78, 5) is 39.9. The predicted molar refractivity (Wildman–Crippen MR) is 134 cm³/mol. The van der Waals surface area contributed by atoms with E-state index in [1.165, 1.54) is 27.7 Å². The van der Waals surface area contributed by atoms with E-state index in [2.05, 4.69) is 0 Å². The van der Waals surface area contributed by atoms with Gasteiger partial charge in [-0.1, -0.05) is 18.2 Å². The van der Waals surface area contributed by atoms with Gasteiger partial charge in [0.2, 0.25) is 0 Å². The average molecular weight is 559 g/mol. The van der Waals surface area contributed by atoms with Crippen molar-refractivity contribution < 1.29 is 53.8 Å². The molecule has 1 aromatic rings. The van der Waals surface area contributed by atoms with Crippen LogP contribution in [0, 0.1) is 16.7 Å². The summed E-state index contributed by atoms with van der Waals surface area (Å²) in [5.74, 6) is -3.78. The van der Waals surface area contributed by atoms with Crippen LogP contribution < -0.4 is 0 Å². The molecule has 2 saturated heterocycles. The Labute approximate surface area is 230 Å². The first kappa shape index (κ1) is 27.3. The fourth-order valence-corrected chi connectivity index (χ4v) is 8.56. The van der Waals surface area contributed by atoms with E-state index in [4.69, 9.17) is 18.9 Å². The summed E-state index contributed by atoms with van der Waals surface area (Å²) in [6.45, 7) is 5.00. The predicted octanol–water partition coefficient (Wildman–Crippen LogP) is 0.420. The number of hydrogen-bond acceptors (Lipinski definition) is 11. The van der Waals surface area contributed by atoms with Gasteiger partial charge in [0.25, 0.3) is 0 Å². The summed E-state index contributed by atoms with van der Waals surface area (Å²) < 4.78 is 23.5. The number of hydrogen-bond donors (Lipinski definition) is 4. The van der Waals surface area contributed by atoms with E-state index < -0.39 is 82.5 Å². The van der Waals surface area contributed by atoms with Crippen LogP contribution in [0.5, 0.6) is 0 Å². The van der Waals surface area contributed by atoms with E-state index >= 15 is 0 Å². The van der Waals surface area contributed by atoms with Crippen molar-refractivity contribution in [2.75, 3.05) is 13.2 Å². The zero-order valence-corrected chi connectivity index (χ0v) is 22.7. The van der Waals surface area contributed by atoms with Crippen molar-refractivity contribution in [1.29, 1.82) is 0 Å². The second-order valence-electron chi connectivity index (χ2n) is 12.4. The number of fused-ring (bicyclic) bond motifs is 4. The summed E-state index contributed by atoms with van der Waals surface area (Å²) in [6, 6.07) is 8.14. The van der Waals surface area contributed by atoms with Gasteiger partial charge in [-0.05, 0) is 50.5 Å². The number of esters is 3. The highest BCUT2D eigenvalue weighted by Gasteiger charge is 2.88. The van der Waals surface area contributed by atoms with Gasteiger partial charge in [-0.3, -0.25) is 4.79 Å². The zero-order chi connectivity index (χ0) is 29.0. The van der Waals surface area contributed by atoms with Gasteiger partial charge in [-0.2, -0.15) is 0 Å². The van der Waals surface area contributed by atoms with Crippen molar-refractivity contribution in [2.45, 2.75) is 81.8 Å². The number of aliphatic hydroxyl groups excluding tert-OH is 2. The Morgan fingerprint density at radius 3 is 2.38 bits per heavy atom. The van der Waals surface area contributed by atoms with Crippen LogP contribution in [0.3, 0.4) is 0 Å². The van der Waals surface area contributed by atoms with Crippen molar-refractivity contribution in [3.8, 4) is 0 Å². The molecule has 4 N–H and O–H groups in total. The first-order valence-electron chi connectivity index (χ1n) is 13.5. The number of cyclic esters (lactones) is 1. The van der Waals surface area contributed by atoms with Crippen LogP contribution in [0.4, 0.5) is 0 Å². The number of ether oxygens (including phenoxy) is 4. The van der Waals surface area contributed by atoms with E-state index in [0.29, 0.717) is 0 Å². The summed E-state index contributed by atoms with van der Waals surface area (Å²) in [7, 11) is 0. The number of aliphatic hydroxyl groups is 4. The van der Waals surface area contributed by atoms with E-state index in [-0.39, 0.29) is 36.2 Å². The summed E-state index contributed by atoms with van der Waals surface area (Å²) in [5.41, 5.74) is -9.14. The first-order chi connectivity index (χ1) is 18.7. The first-order valence-corrected chi connectivity index (χ1v) is 13.5. The molecule has 11 nitrogen and oxygen atoms in total. The highest BCUT2D eigenvalue weighted by molar-refractivity contribution is 5.91. The molecule has 2 heterocycles. The van der Waals surface area contributed by atoms with E-state index in [1.807, 2.05) is 0 Å². The molecule has 0 amide bonds. The van der Waals surface area contributed by atoms with Gasteiger partial charge in [-0.15, -0.1) is 0 Å². The molecular formula is C29H34O11. The molecule has 6 rings (SSSR count). The van der Waals surface area contributed by atoms with Crippen LogP contribution in [0.25, 0.3) is 0 Å². The lowest BCUT2D eigenvalue weighted by Crippen LogP contribution is -2.85. The van der Waals surface area contributed by atoms with Crippen LogP contribution in [-0.2, 0) is 28.5 Å². The second kappa shape index (κ2) is 8.36. The average Bonchev–Trinajstić information content (AvgIpc) is 3.31. The van der Waals surface area contributed by atoms with Gasteiger partial charge in [-0.25, -0.2) is 9.59 Å². The third-order valence-corrected chi connectivity index (χ3v) is 10.3. The summed E-state index contributed by atoms with van der Waals surface area (Å²) >= 11 is 0. The van der Waals surface area contributed by atoms with Crippen LogP contribution >= 0.6 is 0 Å². The molecule has 5 aliphatic rings. The Hall–Kier alpha value is -2.83. The van der Waals surface area contributed by atoms with Crippen LogP contribution in [0.1, 0.15) is 50.9 Å². The Bertz CT molecular complexity index is 1320. The number of benzene rings is 1. The van der Waals surface area contributed by atoms with E-state index in [0.717, 1.165) is 0 Å². The maximum Gasteiger partial charge on any atom is 0.343 e. The lowest BCUT2D eigenvalue weighted by molar-refractivity contribution is -0.368. The highest BCUT2D eigenvalue weighted by atomic mass is 16.6. The number of carbonyl (C=O) groups excluding carboxylic acids is 3. The van der Waals surface area contributed by atoms with Crippen LogP contribution in [-0.4, -0.2) is 92.8 Å². The molecule has 2 saturated carbocycles. The molecule has 3 aliphatic carbocycles. The molecule has 1 spiro atoms. The summed E-state index contributed by atoms with van der Waals surface area (Å²) in [6.07, 6.45) is -5.24.